The number of rotatable bonds is 60. The number of carbonyl (C=O) groups excluding carboxylic acids is 1. The third kappa shape index (κ3) is 58.4. The van der Waals surface area contributed by atoms with E-state index in [4.69, 9.17) is 9.05 Å². The van der Waals surface area contributed by atoms with Crippen molar-refractivity contribution in [2.75, 3.05) is 40.9 Å². The molecule has 0 heterocycles. The van der Waals surface area contributed by atoms with Crippen molar-refractivity contribution in [2.45, 2.75) is 334 Å². The summed E-state index contributed by atoms with van der Waals surface area (Å²) < 4.78 is 23.7. The largest absolute Gasteiger partial charge is 0.472 e. The minimum absolute atomic E-state index is 0.0576. The van der Waals surface area contributed by atoms with Crippen molar-refractivity contribution in [3.8, 4) is 0 Å². The summed E-state index contributed by atoms with van der Waals surface area (Å²) in [5.74, 6) is -0.181. The predicted octanol–water partition coefficient (Wildman–Crippen LogP) is 20.1. The van der Waals surface area contributed by atoms with E-state index < -0.39 is 20.0 Å². The molecule has 0 aliphatic rings. The number of nitrogens with zero attached hydrogens (tertiary/aromatic N) is 1. The number of aliphatic hydroxyl groups is 1. The van der Waals surface area contributed by atoms with Gasteiger partial charge >= 0.3 is 7.82 Å². The molecule has 1 amide bonds. The SMILES string of the molecule is CCCCCCCCCCCCCC/C=C\CCCCCCCCCCCCCCCCCCC(=O)NC(COP(=O)(O)OCC[N+](C)(C)C)C(O)/C=C/CC/C=C/CCCCCCCCCCCCCCCC. The number of hydrogen-bond acceptors (Lipinski definition) is 5. The smallest absolute Gasteiger partial charge is 0.387 e. The summed E-state index contributed by atoms with van der Waals surface area (Å²) in [7, 11) is 1.57. The first kappa shape index (κ1) is 72.7. The summed E-state index contributed by atoms with van der Waals surface area (Å²) in [5.41, 5.74) is 0. The molecule has 0 radical (unpaired) electrons. The summed E-state index contributed by atoms with van der Waals surface area (Å²) in [5, 5.41) is 13.9. The Balaban J connectivity index is 4.08. The van der Waals surface area contributed by atoms with Crippen LogP contribution in [-0.2, 0) is 18.4 Å². The fraction of sp³-hybridized carbons (Fsp3) is 0.892. The van der Waals surface area contributed by atoms with Gasteiger partial charge in [-0.25, -0.2) is 4.57 Å². The summed E-state index contributed by atoms with van der Waals surface area (Å²) >= 11 is 0. The molecular weight excluding hydrogens is 936 g/mol. The number of unbranched alkanes of at least 4 members (excludes halogenated alkanes) is 43. The second-order valence-electron chi connectivity index (χ2n) is 23.5. The van der Waals surface area contributed by atoms with E-state index in [0.29, 0.717) is 17.4 Å². The third-order valence-electron chi connectivity index (χ3n) is 14.8. The van der Waals surface area contributed by atoms with Gasteiger partial charge in [0.05, 0.1) is 39.9 Å². The van der Waals surface area contributed by atoms with Crippen molar-refractivity contribution in [3.63, 3.8) is 0 Å². The highest BCUT2D eigenvalue weighted by Crippen LogP contribution is 2.43. The van der Waals surface area contributed by atoms with Gasteiger partial charge in [0.2, 0.25) is 5.91 Å². The maximum absolute atomic E-state index is 13.0. The lowest BCUT2D eigenvalue weighted by molar-refractivity contribution is -0.870. The third-order valence-corrected chi connectivity index (χ3v) is 15.8. The number of amides is 1. The van der Waals surface area contributed by atoms with Crippen molar-refractivity contribution < 1.29 is 32.9 Å². The number of hydrogen-bond donors (Lipinski definition) is 3. The van der Waals surface area contributed by atoms with Gasteiger partial charge in [-0.05, 0) is 57.8 Å². The number of quaternary nitrogens is 1. The Bertz CT molecular complexity index is 1300. The molecule has 8 nitrogen and oxygen atoms in total. The van der Waals surface area contributed by atoms with Gasteiger partial charge in [-0.15, -0.1) is 0 Å². The average molecular weight is 1060 g/mol. The van der Waals surface area contributed by atoms with Gasteiger partial charge < -0.3 is 19.8 Å². The van der Waals surface area contributed by atoms with Crippen molar-refractivity contribution in [2.24, 2.45) is 0 Å². The highest BCUT2D eigenvalue weighted by atomic mass is 31.2. The van der Waals surface area contributed by atoms with Gasteiger partial charge in [0.15, 0.2) is 0 Å². The summed E-state index contributed by atoms with van der Waals surface area (Å²) in [6.07, 6.45) is 74.2. The Labute approximate surface area is 461 Å². The lowest BCUT2D eigenvalue weighted by Crippen LogP contribution is -2.45. The Morgan fingerprint density at radius 3 is 1.08 bits per heavy atom. The number of phosphoric acid groups is 1. The molecular formula is C65H128N2O6P+. The topological polar surface area (TPSA) is 105 Å². The Kier molecular flexibility index (Phi) is 55.5. The second-order valence-corrected chi connectivity index (χ2v) is 24.9. The second kappa shape index (κ2) is 56.4. The first-order chi connectivity index (χ1) is 36.0. The van der Waals surface area contributed by atoms with E-state index in [-0.39, 0.29) is 19.1 Å². The minimum atomic E-state index is -4.36. The number of carbonyl (C=O) groups is 1. The van der Waals surface area contributed by atoms with E-state index in [1.165, 1.54) is 263 Å². The van der Waals surface area contributed by atoms with Crippen molar-refractivity contribution in [3.05, 3.63) is 36.5 Å². The van der Waals surface area contributed by atoms with E-state index >= 15 is 0 Å². The van der Waals surface area contributed by atoms with Gasteiger partial charge in [-0.2, -0.15) is 0 Å². The standard InChI is InChI=1S/C65H127N2O6P/c1-6-8-10-12-14-16-18-20-22-24-26-28-29-30-31-32-33-34-35-36-37-38-39-41-43-45-47-49-51-53-55-57-59-65(69)66-63(62-73-74(70,71)72-61-60-67(3,4)5)64(68)58-56-54-52-50-48-46-44-42-40-27-25-23-21-19-17-15-13-11-9-7-2/h30-31,48,50,56,58,63-64,68H,6-29,32-47,49,51-55,57,59-62H2,1-5H3,(H-,66,69,70,71)/p+1/b31-30-,50-48+,58-56+. The molecule has 3 atom stereocenters. The maximum Gasteiger partial charge on any atom is 0.472 e. The number of allylic oxidation sites excluding steroid dienone is 5. The number of phosphoric ester groups is 1. The molecule has 0 aromatic rings. The van der Waals surface area contributed by atoms with Crippen molar-refractivity contribution in [1.29, 1.82) is 0 Å². The van der Waals surface area contributed by atoms with Crippen LogP contribution in [0, 0.1) is 0 Å². The quantitative estimate of drug-likeness (QED) is 0.0243. The number of likely N-dealkylation sites (N-methyl/N-ethyl adjacent to an activating group) is 1. The molecule has 74 heavy (non-hydrogen) atoms. The van der Waals surface area contributed by atoms with E-state index in [1.54, 1.807) is 6.08 Å². The fourth-order valence-electron chi connectivity index (χ4n) is 9.76. The zero-order valence-corrected chi connectivity index (χ0v) is 51.0. The average Bonchev–Trinajstić information content (AvgIpc) is 3.36. The Morgan fingerprint density at radius 1 is 0.446 bits per heavy atom. The van der Waals surface area contributed by atoms with Crippen LogP contribution in [-0.4, -0.2) is 73.4 Å². The molecule has 0 saturated carbocycles. The minimum Gasteiger partial charge on any atom is -0.387 e. The molecule has 0 fully saturated rings. The van der Waals surface area contributed by atoms with Crippen molar-refractivity contribution in [1.82, 2.24) is 5.32 Å². The van der Waals surface area contributed by atoms with Crippen LogP contribution >= 0.6 is 7.82 Å². The first-order valence-electron chi connectivity index (χ1n) is 32.4. The highest BCUT2D eigenvalue weighted by Gasteiger charge is 2.27. The number of aliphatic hydroxyl groups excluding tert-OH is 1. The summed E-state index contributed by atoms with van der Waals surface area (Å²) in [6, 6.07) is -0.863. The fourth-order valence-corrected chi connectivity index (χ4v) is 10.5. The lowest BCUT2D eigenvalue weighted by atomic mass is 10.0. The first-order valence-corrected chi connectivity index (χ1v) is 33.9. The van der Waals surface area contributed by atoms with Crippen LogP contribution < -0.4 is 5.32 Å². The predicted molar refractivity (Wildman–Crippen MR) is 323 cm³/mol. The van der Waals surface area contributed by atoms with Gasteiger partial charge in [0.25, 0.3) is 0 Å². The molecule has 3 N–H and O–H groups in total. The molecule has 0 aromatic heterocycles. The number of nitrogens with one attached hydrogen (secondary N) is 1. The molecule has 3 unspecified atom stereocenters. The van der Waals surface area contributed by atoms with Gasteiger partial charge in [-0.3, -0.25) is 13.8 Å². The van der Waals surface area contributed by atoms with E-state index in [9.17, 15) is 19.4 Å². The van der Waals surface area contributed by atoms with Gasteiger partial charge in [-0.1, -0.05) is 294 Å². The van der Waals surface area contributed by atoms with Gasteiger partial charge in [0.1, 0.15) is 13.2 Å². The van der Waals surface area contributed by atoms with E-state index in [1.807, 2.05) is 27.2 Å². The maximum atomic E-state index is 13.0. The molecule has 0 bridgehead atoms. The normalized spacial score (nSPS) is 14.0. The van der Waals surface area contributed by atoms with Crippen molar-refractivity contribution >= 4 is 13.7 Å². The summed E-state index contributed by atoms with van der Waals surface area (Å²) in [6.45, 7) is 4.84. The Hall–Kier alpha value is -1.28. The Morgan fingerprint density at radius 2 is 0.743 bits per heavy atom. The van der Waals surface area contributed by atoms with Crippen LogP contribution in [0.4, 0.5) is 0 Å². The van der Waals surface area contributed by atoms with Crippen LogP contribution in [0.2, 0.25) is 0 Å². The monoisotopic (exact) mass is 1060 g/mol. The molecule has 0 rings (SSSR count). The molecule has 438 valence electrons. The lowest BCUT2D eigenvalue weighted by Gasteiger charge is -2.25. The van der Waals surface area contributed by atoms with Crippen LogP contribution in [0.3, 0.4) is 0 Å². The van der Waals surface area contributed by atoms with Crippen LogP contribution in [0.1, 0.15) is 322 Å². The van der Waals surface area contributed by atoms with Crippen LogP contribution in [0.25, 0.3) is 0 Å². The van der Waals surface area contributed by atoms with Crippen LogP contribution in [0.15, 0.2) is 36.5 Å². The molecule has 0 aliphatic heterocycles. The summed E-state index contributed by atoms with van der Waals surface area (Å²) in [4.78, 5) is 23.3. The molecule has 0 saturated heterocycles. The molecule has 0 aliphatic carbocycles. The van der Waals surface area contributed by atoms with Crippen LogP contribution in [0.5, 0.6) is 0 Å². The highest BCUT2D eigenvalue weighted by molar-refractivity contribution is 7.47. The molecule has 9 heteroatoms. The molecule has 0 aromatic carbocycles. The molecule has 0 spiro atoms. The zero-order chi connectivity index (χ0) is 54.2. The van der Waals surface area contributed by atoms with E-state index in [0.717, 1.165) is 38.5 Å². The zero-order valence-electron chi connectivity index (χ0n) is 50.1. The van der Waals surface area contributed by atoms with E-state index in [2.05, 4.69) is 43.5 Å². The van der Waals surface area contributed by atoms with Gasteiger partial charge in [0, 0.05) is 6.42 Å².